The summed E-state index contributed by atoms with van der Waals surface area (Å²) in [5.74, 6) is 0.488. The molecule has 1 aromatic heterocycles. The van der Waals surface area contributed by atoms with Gasteiger partial charge in [-0.3, -0.25) is 0 Å². The predicted molar refractivity (Wildman–Crippen MR) is 68.3 cm³/mol. The second-order valence-electron chi connectivity index (χ2n) is 3.41. The van der Waals surface area contributed by atoms with Crippen molar-refractivity contribution in [2.45, 2.75) is 0 Å². The third-order valence-corrected chi connectivity index (χ3v) is 2.20. The fourth-order valence-electron chi connectivity index (χ4n) is 1.34. The van der Waals surface area contributed by atoms with E-state index in [0.29, 0.717) is 5.82 Å². The monoisotopic (exact) mass is 243 g/mol. The van der Waals surface area contributed by atoms with Gasteiger partial charge in [0, 0.05) is 0 Å². The molecule has 5 nitrogen and oxygen atoms in total. The number of benzene rings is 1. The summed E-state index contributed by atoms with van der Waals surface area (Å²) in [6.45, 7) is 0. The minimum Gasteiger partial charge on any atom is -0.467 e. The van der Waals surface area contributed by atoms with Gasteiger partial charge in [-0.2, -0.15) is 9.97 Å². The van der Waals surface area contributed by atoms with Crippen LogP contribution >= 0.6 is 0 Å². The zero-order valence-electron chi connectivity index (χ0n) is 10.2. The Bertz CT molecular complexity index is 519. The third-order valence-electron chi connectivity index (χ3n) is 2.20. The number of hydrogen-bond donors (Lipinski definition) is 0. The number of rotatable bonds is 4. The lowest BCUT2D eigenvalue weighted by Gasteiger charge is -2.01. The Balaban J connectivity index is 2.25. The molecule has 0 aliphatic rings. The molecule has 0 unspecified atom stereocenters. The molecule has 0 atom stereocenters. The van der Waals surface area contributed by atoms with E-state index in [1.165, 1.54) is 14.2 Å². The van der Waals surface area contributed by atoms with Crippen molar-refractivity contribution in [1.29, 1.82) is 0 Å². The molecule has 2 aromatic rings. The van der Waals surface area contributed by atoms with Gasteiger partial charge in [0.1, 0.15) is 0 Å². The van der Waals surface area contributed by atoms with E-state index in [9.17, 15) is 0 Å². The SMILES string of the molecule is COc1nc(/C=C/c2ccccc2)nc(OC)n1. The molecule has 0 bridgehead atoms. The van der Waals surface area contributed by atoms with Gasteiger partial charge < -0.3 is 9.47 Å². The van der Waals surface area contributed by atoms with Crippen molar-refractivity contribution >= 4 is 12.2 Å². The van der Waals surface area contributed by atoms with Crippen LogP contribution in [0, 0.1) is 0 Å². The van der Waals surface area contributed by atoms with Gasteiger partial charge in [-0.25, -0.2) is 0 Å². The topological polar surface area (TPSA) is 57.1 Å². The van der Waals surface area contributed by atoms with Crippen LogP contribution in [0.5, 0.6) is 12.0 Å². The summed E-state index contributed by atoms with van der Waals surface area (Å²) in [4.78, 5) is 12.1. The number of methoxy groups -OCH3 is 2. The fraction of sp³-hybridized carbons (Fsp3) is 0.154. The molecule has 0 N–H and O–H groups in total. The van der Waals surface area contributed by atoms with Crippen molar-refractivity contribution in [2.24, 2.45) is 0 Å². The quantitative estimate of drug-likeness (QED) is 0.822. The first-order valence-electron chi connectivity index (χ1n) is 5.39. The summed E-state index contributed by atoms with van der Waals surface area (Å²) in [5, 5.41) is 0. The van der Waals surface area contributed by atoms with E-state index >= 15 is 0 Å². The molecule has 1 aromatic carbocycles. The first-order valence-corrected chi connectivity index (χ1v) is 5.39. The lowest BCUT2D eigenvalue weighted by atomic mass is 10.2. The van der Waals surface area contributed by atoms with Crippen LogP contribution in [0.1, 0.15) is 11.4 Å². The Morgan fingerprint density at radius 3 is 2.00 bits per heavy atom. The van der Waals surface area contributed by atoms with E-state index < -0.39 is 0 Å². The zero-order valence-corrected chi connectivity index (χ0v) is 10.2. The summed E-state index contributed by atoms with van der Waals surface area (Å²) >= 11 is 0. The summed E-state index contributed by atoms with van der Waals surface area (Å²) in [7, 11) is 3.00. The van der Waals surface area contributed by atoms with Gasteiger partial charge >= 0.3 is 12.0 Å². The molecule has 0 spiro atoms. The van der Waals surface area contributed by atoms with Crippen molar-refractivity contribution in [3.63, 3.8) is 0 Å². The number of nitrogens with zero attached hydrogens (tertiary/aromatic N) is 3. The molecule has 5 heteroatoms. The Labute approximate surface area is 105 Å². The summed E-state index contributed by atoms with van der Waals surface area (Å²) in [5.41, 5.74) is 1.07. The van der Waals surface area contributed by atoms with Crippen LogP contribution in [0.2, 0.25) is 0 Å². The number of ether oxygens (including phenoxy) is 2. The highest BCUT2D eigenvalue weighted by Gasteiger charge is 2.04. The van der Waals surface area contributed by atoms with E-state index in [0.717, 1.165) is 5.56 Å². The van der Waals surface area contributed by atoms with Crippen molar-refractivity contribution in [2.75, 3.05) is 14.2 Å². The van der Waals surface area contributed by atoms with Crippen LogP contribution in [0.25, 0.3) is 12.2 Å². The van der Waals surface area contributed by atoms with Gasteiger partial charge in [0.15, 0.2) is 5.82 Å². The largest absolute Gasteiger partial charge is 0.467 e. The Kier molecular flexibility index (Phi) is 3.86. The third kappa shape index (κ3) is 3.04. The summed E-state index contributed by atoms with van der Waals surface area (Å²) in [6.07, 6.45) is 3.69. The molecule has 0 fully saturated rings. The summed E-state index contributed by atoms with van der Waals surface area (Å²) < 4.78 is 9.95. The number of aromatic nitrogens is 3. The van der Waals surface area contributed by atoms with Crippen molar-refractivity contribution in [3.8, 4) is 12.0 Å². The molecule has 0 saturated heterocycles. The minimum absolute atomic E-state index is 0.231. The second kappa shape index (κ2) is 5.77. The molecule has 2 rings (SSSR count). The van der Waals surface area contributed by atoms with Gasteiger partial charge in [-0.1, -0.05) is 36.4 Å². The van der Waals surface area contributed by atoms with Gasteiger partial charge in [-0.15, -0.1) is 4.98 Å². The second-order valence-corrected chi connectivity index (χ2v) is 3.41. The maximum absolute atomic E-state index is 4.97. The highest BCUT2D eigenvalue weighted by molar-refractivity contribution is 5.66. The molecular formula is C13H13N3O2. The molecule has 0 amide bonds. The molecule has 92 valence electrons. The van der Waals surface area contributed by atoms with E-state index in [1.54, 1.807) is 6.08 Å². The smallest absolute Gasteiger partial charge is 0.322 e. The van der Waals surface area contributed by atoms with Crippen molar-refractivity contribution in [3.05, 3.63) is 41.7 Å². The molecule has 0 aliphatic carbocycles. The fourth-order valence-corrected chi connectivity index (χ4v) is 1.34. The number of hydrogen-bond acceptors (Lipinski definition) is 5. The normalized spacial score (nSPS) is 10.6. The Morgan fingerprint density at radius 1 is 0.833 bits per heavy atom. The predicted octanol–water partition coefficient (Wildman–Crippen LogP) is 2.06. The highest BCUT2D eigenvalue weighted by atomic mass is 16.5. The average molecular weight is 243 g/mol. The first kappa shape index (κ1) is 12.0. The molecule has 1 heterocycles. The molecule has 0 saturated carbocycles. The Morgan fingerprint density at radius 2 is 1.44 bits per heavy atom. The van der Waals surface area contributed by atoms with Gasteiger partial charge in [0.05, 0.1) is 14.2 Å². The van der Waals surface area contributed by atoms with E-state index in [4.69, 9.17) is 9.47 Å². The van der Waals surface area contributed by atoms with Crippen molar-refractivity contribution in [1.82, 2.24) is 15.0 Å². The van der Waals surface area contributed by atoms with Gasteiger partial charge in [-0.05, 0) is 11.6 Å². The summed E-state index contributed by atoms with van der Waals surface area (Å²) in [6, 6.07) is 10.3. The van der Waals surface area contributed by atoms with Crippen LogP contribution < -0.4 is 9.47 Å². The maximum atomic E-state index is 4.97. The van der Waals surface area contributed by atoms with Crippen LogP contribution in [0.4, 0.5) is 0 Å². The molecule has 0 radical (unpaired) electrons. The van der Waals surface area contributed by atoms with Crippen LogP contribution in [-0.2, 0) is 0 Å². The lowest BCUT2D eigenvalue weighted by Crippen LogP contribution is -2.00. The van der Waals surface area contributed by atoms with Gasteiger partial charge in [0.2, 0.25) is 0 Å². The highest BCUT2D eigenvalue weighted by Crippen LogP contribution is 2.11. The Hall–Kier alpha value is -2.43. The maximum Gasteiger partial charge on any atom is 0.322 e. The standard InChI is InChI=1S/C13H13N3O2/c1-17-12-14-11(15-13(16-12)18-2)9-8-10-6-4-3-5-7-10/h3-9H,1-2H3/b9-8+. The molecule has 18 heavy (non-hydrogen) atoms. The first-order chi connectivity index (χ1) is 8.81. The van der Waals surface area contributed by atoms with Gasteiger partial charge in [0.25, 0.3) is 0 Å². The minimum atomic E-state index is 0.231. The van der Waals surface area contributed by atoms with Crippen molar-refractivity contribution < 1.29 is 9.47 Å². The molecular weight excluding hydrogens is 230 g/mol. The van der Waals surface area contributed by atoms with Crippen LogP contribution in [-0.4, -0.2) is 29.2 Å². The van der Waals surface area contributed by atoms with E-state index in [-0.39, 0.29) is 12.0 Å². The van der Waals surface area contributed by atoms with E-state index in [2.05, 4.69) is 15.0 Å². The van der Waals surface area contributed by atoms with E-state index in [1.807, 2.05) is 36.4 Å². The zero-order chi connectivity index (χ0) is 12.8. The van der Waals surface area contributed by atoms with Crippen LogP contribution in [0.3, 0.4) is 0 Å². The lowest BCUT2D eigenvalue weighted by molar-refractivity contribution is 0.339. The molecule has 0 aliphatic heterocycles. The van der Waals surface area contributed by atoms with Crippen LogP contribution in [0.15, 0.2) is 30.3 Å². The average Bonchev–Trinajstić information content (AvgIpc) is 2.45.